The molecule has 0 radical (unpaired) electrons. The van der Waals surface area contributed by atoms with Gasteiger partial charge in [-0.3, -0.25) is 5.01 Å². The fourth-order valence-corrected chi connectivity index (χ4v) is 4.04. The Labute approximate surface area is 176 Å². The summed E-state index contributed by atoms with van der Waals surface area (Å²) in [5.74, 6) is 6.80. The van der Waals surface area contributed by atoms with Gasteiger partial charge in [0.1, 0.15) is 0 Å². The van der Waals surface area contributed by atoms with Crippen molar-refractivity contribution in [2.45, 2.75) is 0 Å². The third kappa shape index (κ3) is 3.24. The highest BCUT2D eigenvalue weighted by Gasteiger charge is 2.20. The van der Waals surface area contributed by atoms with E-state index in [1.54, 1.807) is 0 Å². The second-order valence-corrected chi connectivity index (χ2v) is 7.31. The van der Waals surface area contributed by atoms with E-state index in [0.717, 1.165) is 33.3 Å². The second kappa shape index (κ2) is 7.86. The molecule has 2 nitrogen and oxygen atoms in total. The highest BCUT2D eigenvalue weighted by Crippen LogP contribution is 2.45. The van der Waals surface area contributed by atoms with E-state index in [-0.39, 0.29) is 0 Å². The fourth-order valence-electron chi connectivity index (χ4n) is 4.04. The topological polar surface area (TPSA) is 29.3 Å². The number of hydrogen-bond donors (Lipinski definition) is 1. The van der Waals surface area contributed by atoms with E-state index in [1.807, 2.05) is 47.5 Å². The molecule has 0 saturated heterocycles. The summed E-state index contributed by atoms with van der Waals surface area (Å²) in [5, 5.41) is 4.11. The zero-order chi connectivity index (χ0) is 20.3. The second-order valence-electron chi connectivity index (χ2n) is 7.31. The van der Waals surface area contributed by atoms with Gasteiger partial charge in [0, 0.05) is 10.9 Å². The van der Waals surface area contributed by atoms with Gasteiger partial charge in [0.05, 0.1) is 11.4 Å². The number of fused-ring (bicyclic) bond motifs is 1. The molecule has 30 heavy (non-hydrogen) atoms. The monoisotopic (exact) mass is 386 g/mol. The molecular formula is C28H22N2. The van der Waals surface area contributed by atoms with Gasteiger partial charge in [-0.15, -0.1) is 0 Å². The molecule has 2 heteroatoms. The Morgan fingerprint density at radius 1 is 0.533 bits per heavy atom. The minimum atomic E-state index is 0.949. The fraction of sp³-hybridized carbons (Fsp3) is 0. The summed E-state index contributed by atoms with van der Waals surface area (Å²) in [7, 11) is 0. The van der Waals surface area contributed by atoms with Crippen LogP contribution in [-0.4, -0.2) is 0 Å². The molecule has 5 aromatic carbocycles. The van der Waals surface area contributed by atoms with Crippen molar-refractivity contribution in [1.82, 2.24) is 0 Å². The smallest absolute Gasteiger partial charge is 0.0738 e. The van der Waals surface area contributed by atoms with Gasteiger partial charge in [-0.05, 0) is 40.3 Å². The number of nitrogens with zero attached hydrogens (tertiary/aromatic N) is 1. The van der Waals surface area contributed by atoms with E-state index in [9.17, 15) is 0 Å². The third-order valence-corrected chi connectivity index (χ3v) is 5.44. The van der Waals surface area contributed by atoms with E-state index in [1.165, 1.54) is 11.1 Å². The zero-order valence-corrected chi connectivity index (χ0v) is 16.6. The molecule has 144 valence electrons. The Balaban J connectivity index is 1.91. The lowest BCUT2D eigenvalue weighted by atomic mass is 9.89. The Bertz CT molecular complexity index is 1280. The standard InChI is InChI=1S/C28H22N2/c29-30(24-17-8-3-9-18-24)28-25-19-11-10-16-23(25)20-26(21-12-4-1-5-13-21)27(28)22-14-6-2-7-15-22/h1-20H,29H2. The van der Waals surface area contributed by atoms with Gasteiger partial charge in [-0.2, -0.15) is 0 Å². The van der Waals surface area contributed by atoms with E-state index in [4.69, 9.17) is 5.84 Å². The SMILES string of the molecule is NN(c1ccccc1)c1c(-c2ccccc2)c(-c2ccccc2)cc2ccccc12. The third-order valence-electron chi connectivity index (χ3n) is 5.44. The summed E-state index contributed by atoms with van der Waals surface area (Å²) >= 11 is 0. The highest BCUT2D eigenvalue weighted by atomic mass is 15.4. The molecule has 0 aliphatic carbocycles. The summed E-state index contributed by atoms with van der Waals surface area (Å²) < 4.78 is 0. The van der Waals surface area contributed by atoms with Gasteiger partial charge in [0.25, 0.3) is 0 Å². The van der Waals surface area contributed by atoms with E-state index >= 15 is 0 Å². The zero-order valence-electron chi connectivity index (χ0n) is 16.6. The van der Waals surface area contributed by atoms with Gasteiger partial charge in [0.15, 0.2) is 0 Å². The lowest BCUT2D eigenvalue weighted by molar-refractivity contribution is 1.10. The van der Waals surface area contributed by atoms with Crippen molar-refractivity contribution in [2.75, 3.05) is 5.01 Å². The van der Waals surface area contributed by atoms with Crippen LogP contribution in [0.2, 0.25) is 0 Å². The maximum Gasteiger partial charge on any atom is 0.0738 e. The van der Waals surface area contributed by atoms with Crippen LogP contribution in [0, 0.1) is 0 Å². The number of hydrazine groups is 1. The molecule has 0 spiro atoms. The molecule has 0 atom stereocenters. The molecule has 2 N–H and O–H groups in total. The number of rotatable bonds is 4. The molecule has 0 heterocycles. The van der Waals surface area contributed by atoms with Crippen LogP contribution in [-0.2, 0) is 0 Å². The molecule has 5 aromatic rings. The number of nitrogens with two attached hydrogens (primary N) is 1. The van der Waals surface area contributed by atoms with Crippen LogP contribution < -0.4 is 10.9 Å². The van der Waals surface area contributed by atoms with Crippen molar-refractivity contribution in [3.63, 3.8) is 0 Å². The first-order valence-electron chi connectivity index (χ1n) is 10.1. The minimum Gasteiger partial charge on any atom is -0.278 e. The largest absolute Gasteiger partial charge is 0.278 e. The van der Waals surface area contributed by atoms with E-state index < -0.39 is 0 Å². The predicted molar refractivity (Wildman–Crippen MR) is 128 cm³/mol. The maximum atomic E-state index is 6.80. The molecule has 5 rings (SSSR count). The Kier molecular flexibility index (Phi) is 4.76. The molecule has 0 bridgehead atoms. The first-order chi connectivity index (χ1) is 14.8. The molecule has 0 aliphatic heterocycles. The summed E-state index contributed by atoms with van der Waals surface area (Å²) in [6.45, 7) is 0. The average molecular weight is 386 g/mol. The number of hydrogen-bond acceptors (Lipinski definition) is 2. The quantitative estimate of drug-likeness (QED) is 0.262. The van der Waals surface area contributed by atoms with Crippen molar-refractivity contribution < 1.29 is 0 Å². The van der Waals surface area contributed by atoms with E-state index in [2.05, 4.69) is 78.9 Å². The molecular weight excluding hydrogens is 364 g/mol. The number of benzene rings is 5. The molecule has 0 amide bonds. The van der Waals surface area contributed by atoms with Crippen LogP contribution in [0.25, 0.3) is 33.0 Å². The predicted octanol–water partition coefficient (Wildman–Crippen LogP) is 7.19. The van der Waals surface area contributed by atoms with Crippen LogP contribution in [0.3, 0.4) is 0 Å². The summed E-state index contributed by atoms with van der Waals surface area (Å²) in [6, 6.07) is 41.9. The van der Waals surface area contributed by atoms with Gasteiger partial charge in [0.2, 0.25) is 0 Å². The lowest BCUT2D eigenvalue weighted by Crippen LogP contribution is -2.26. The molecule has 0 saturated carbocycles. The first kappa shape index (κ1) is 18.2. The maximum absolute atomic E-state index is 6.80. The highest BCUT2D eigenvalue weighted by molar-refractivity contribution is 6.09. The Morgan fingerprint density at radius 2 is 1.07 bits per heavy atom. The van der Waals surface area contributed by atoms with Crippen LogP contribution in [0.15, 0.2) is 121 Å². The number of para-hydroxylation sites is 1. The molecule has 0 aromatic heterocycles. The van der Waals surface area contributed by atoms with Gasteiger partial charge in [-0.25, -0.2) is 5.84 Å². The normalized spacial score (nSPS) is 10.8. The van der Waals surface area contributed by atoms with Gasteiger partial charge in [-0.1, -0.05) is 103 Å². The van der Waals surface area contributed by atoms with Crippen LogP contribution in [0.4, 0.5) is 11.4 Å². The van der Waals surface area contributed by atoms with E-state index in [0.29, 0.717) is 0 Å². The van der Waals surface area contributed by atoms with Crippen molar-refractivity contribution in [3.05, 3.63) is 121 Å². The minimum absolute atomic E-state index is 0.949. The summed E-state index contributed by atoms with van der Waals surface area (Å²) in [4.78, 5) is 0. The Morgan fingerprint density at radius 3 is 1.73 bits per heavy atom. The lowest BCUT2D eigenvalue weighted by Gasteiger charge is -2.26. The molecule has 0 fully saturated rings. The van der Waals surface area contributed by atoms with Crippen molar-refractivity contribution in [3.8, 4) is 22.3 Å². The number of anilines is 2. The summed E-state index contributed by atoms with van der Waals surface area (Å²) in [5.41, 5.74) is 6.57. The summed E-state index contributed by atoms with van der Waals surface area (Å²) in [6.07, 6.45) is 0. The molecule has 0 unspecified atom stereocenters. The van der Waals surface area contributed by atoms with Crippen LogP contribution >= 0.6 is 0 Å². The van der Waals surface area contributed by atoms with Gasteiger partial charge < -0.3 is 0 Å². The van der Waals surface area contributed by atoms with Crippen LogP contribution in [0.5, 0.6) is 0 Å². The average Bonchev–Trinajstić information content (AvgIpc) is 2.84. The molecule has 0 aliphatic rings. The van der Waals surface area contributed by atoms with Crippen molar-refractivity contribution in [1.29, 1.82) is 0 Å². The van der Waals surface area contributed by atoms with Crippen molar-refractivity contribution >= 4 is 22.1 Å². The first-order valence-corrected chi connectivity index (χ1v) is 10.1. The van der Waals surface area contributed by atoms with Crippen LogP contribution in [0.1, 0.15) is 0 Å². The Hall–Kier alpha value is -3.88. The van der Waals surface area contributed by atoms with Gasteiger partial charge >= 0.3 is 0 Å². The van der Waals surface area contributed by atoms with Crippen molar-refractivity contribution in [2.24, 2.45) is 5.84 Å².